The molecule has 0 rings (SSSR count). The lowest BCUT2D eigenvalue weighted by Gasteiger charge is -1.79. The molecule has 0 radical (unpaired) electrons. The molecule has 0 amide bonds. The monoisotopic (exact) mass is 86.1 g/mol. The zero-order valence-corrected chi connectivity index (χ0v) is 3.94. The molecule has 0 saturated heterocycles. The summed E-state index contributed by atoms with van der Waals surface area (Å²) in [5, 5.41) is 2.81. The summed E-state index contributed by atoms with van der Waals surface area (Å²) in [5.74, 6) is 0. The van der Waals surface area contributed by atoms with Crippen molar-refractivity contribution in [3.63, 3.8) is 0 Å². The average molecular weight is 86.1 g/mol. The molecule has 0 saturated carbocycles. The quantitative estimate of drug-likeness (QED) is 0.483. The van der Waals surface area contributed by atoms with Crippen LogP contribution in [0.4, 0.5) is 0 Å². The predicted octanol–water partition coefficient (Wildman–Crippen LogP) is -0.322. The Morgan fingerprint density at radius 1 is 1.83 bits per heavy atom. The molecule has 0 aromatic rings. The van der Waals surface area contributed by atoms with Crippen molar-refractivity contribution in [1.82, 2.24) is 5.32 Å². The van der Waals surface area contributed by atoms with Gasteiger partial charge < -0.3 is 11.1 Å². The lowest BCUT2D eigenvalue weighted by atomic mass is 10.6. The van der Waals surface area contributed by atoms with Gasteiger partial charge >= 0.3 is 0 Å². The molecule has 6 heavy (non-hydrogen) atoms. The van der Waals surface area contributed by atoms with Crippen molar-refractivity contribution in [1.29, 1.82) is 0 Å². The van der Waals surface area contributed by atoms with Gasteiger partial charge in [0.15, 0.2) is 0 Å². The van der Waals surface area contributed by atoms with Crippen molar-refractivity contribution in [2.24, 2.45) is 5.73 Å². The van der Waals surface area contributed by atoms with Crippen LogP contribution in [0.25, 0.3) is 0 Å². The molecule has 0 aromatic carbocycles. The molecular formula is C4H10N2. The zero-order valence-electron chi connectivity index (χ0n) is 3.94. The van der Waals surface area contributed by atoms with Gasteiger partial charge in [-0.2, -0.15) is 0 Å². The normalized spacial score (nSPS) is 9.67. The minimum atomic E-state index is 0.612. The van der Waals surface area contributed by atoms with E-state index in [4.69, 9.17) is 5.73 Å². The molecule has 0 unspecified atom stereocenters. The standard InChI is InChI=1S/C4H10N2/c1-6-4-2-3-5/h2,4,6H,3,5H2,1H3/b4-2-. The van der Waals surface area contributed by atoms with Crippen LogP contribution in [0.1, 0.15) is 0 Å². The minimum absolute atomic E-state index is 0.612. The molecule has 36 valence electrons. The number of hydrogen-bond acceptors (Lipinski definition) is 2. The maximum Gasteiger partial charge on any atom is 0.0124 e. The van der Waals surface area contributed by atoms with Crippen LogP contribution in [0.15, 0.2) is 12.3 Å². The first-order chi connectivity index (χ1) is 2.91. The van der Waals surface area contributed by atoms with E-state index in [1.807, 2.05) is 13.1 Å². The second kappa shape index (κ2) is 4.50. The van der Waals surface area contributed by atoms with Crippen LogP contribution in [-0.4, -0.2) is 13.6 Å². The summed E-state index contributed by atoms with van der Waals surface area (Å²) in [7, 11) is 1.84. The summed E-state index contributed by atoms with van der Waals surface area (Å²) in [6, 6.07) is 0. The van der Waals surface area contributed by atoms with Gasteiger partial charge in [0.25, 0.3) is 0 Å². The Hall–Kier alpha value is -0.500. The van der Waals surface area contributed by atoms with Gasteiger partial charge in [0, 0.05) is 13.6 Å². The fourth-order valence-electron chi connectivity index (χ4n) is 0.186. The van der Waals surface area contributed by atoms with E-state index < -0.39 is 0 Å². The molecule has 0 aliphatic carbocycles. The summed E-state index contributed by atoms with van der Waals surface area (Å²) in [6.45, 7) is 0.612. The van der Waals surface area contributed by atoms with Crippen molar-refractivity contribution in [3.8, 4) is 0 Å². The van der Waals surface area contributed by atoms with E-state index >= 15 is 0 Å². The number of nitrogens with one attached hydrogen (secondary N) is 1. The molecule has 0 atom stereocenters. The Morgan fingerprint density at radius 2 is 2.50 bits per heavy atom. The highest BCUT2D eigenvalue weighted by Gasteiger charge is 1.56. The minimum Gasteiger partial charge on any atom is -0.394 e. The highest BCUT2D eigenvalue weighted by atomic mass is 14.8. The van der Waals surface area contributed by atoms with E-state index in [9.17, 15) is 0 Å². The molecule has 0 heterocycles. The lowest BCUT2D eigenvalue weighted by Crippen LogP contribution is -1.97. The molecular weight excluding hydrogens is 76.1 g/mol. The van der Waals surface area contributed by atoms with E-state index in [-0.39, 0.29) is 0 Å². The second-order valence-corrected chi connectivity index (χ2v) is 0.927. The first kappa shape index (κ1) is 5.50. The molecule has 0 aliphatic rings. The van der Waals surface area contributed by atoms with Gasteiger partial charge in [0.2, 0.25) is 0 Å². The summed E-state index contributed by atoms with van der Waals surface area (Å²) in [4.78, 5) is 0. The van der Waals surface area contributed by atoms with Gasteiger partial charge in [-0.25, -0.2) is 0 Å². The van der Waals surface area contributed by atoms with Crippen LogP contribution in [0, 0.1) is 0 Å². The molecule has 2 nitrogen and oxygen atoms in total. The Bertz CT molecular complexity index is 34.8. The largest absolute Gasteiger partial charge is 0.394 e. The summed E-state index contributed by atoms with van der Waals surface area (Å²) < 4.78 is 0. The fraction of sp³-hybridized carbons (Fsp3) is 0.500. The van der Waals surface area contributed by atoms with E-state index in [2.05, 4.69) is 5.32 Å². The van der Waals surface area contributed by atoms with E-state index in [1.165, 1.54) is 0 Å². The van der Waals surface area contributed by atoms with Gasteiger partial charge in [0.1, 0.15) is 0 Å². The van der Waals surface area contributed by atoms with Crippen LogP contribution < -0.4 is 11.1 Å². The van der Waals surface area contributed by atoms with E-state index in [0.29, 0.717) is 6.54 Å². The molecule has 0 aliphatic heterocycles. The van der Waals surface area contributed by atoms with Crippen molar-refractivity contribution >= 4 is 0 Å². The van der Waals surface area contributed by atoms with E-state index in [1.54, 1.807) is 6.20 Å². The van der Waals surface area contributed by atoms with Crippen molar-refractivity contribution in [3.05, 3.63) is 12.3 Å². The SMILES string of the molecule is CN/C=C\CN. The first-order valence-corrected chi connectivity index (χ1v) is 1.94. The van der Waals surface area contributed by atoms with Gasteiger partial charge in [-0.05, 0) is 6.20 Å². The van der Waals surface area contributed by atoms with Crippen molar-refractivity contribution in [2.75, 3.05) is 13.6 Å². The van der Waals surface area contributed by atoms with E-state index in [0.717, 1.165) is 0 Å². The van der Waals surface area contributed by atoms with Crippen molar-refractivity contribution in [2.45, 2.75) is 0 Å². The van der Waals surface area contributed by atoms with Crippen LogP contribution in [0.2, 0.25) is 0 Å². The predicted molar refractivity (Wildman–Crippen MR) is 27.3 cm³/mol. The van der Waals surface area contributed by atoms with Crippen molar-refractivity contribution < 1.29 is 0 Å². The molecule has 0 bridgehead atoms. The molecule has 0 spiro atoms. The summed E-state index contributed by atoms with van der Waals surface area (Å²) >= 11 is 0. The van der Waals surface area contributed by atoms with Crippen LogP contribution in [0.3, 0.4) is 0 Å². The van der Waals surface area contributed by atoms with Crippen LogP contribution in [0.5, 0.6) is 0 Å². The maximum absolute atomic E-state index is 5.09. The third kappa shape index (κ3) is 3.50. The van der Waals surface area contributed by atoms with Crippen LogP contribution >= 0.6 is 0 Å². The van der Waals surface area contributed by atoms with Gasteiger partial charge in [-0.3, -0.25) is 0 Å². The van der Waals surface area contributed by atoms with Crippen LogP contribution in [-0.2, 0) is 0 Å². The smallest absolute Gasteiger partial charge is 0.0124 e. The number of hydrogen-bond donors (Lipinski definition) is 2. The maximum atomic E-state index is 5.09. The first-order valence-electron chi connectivity index (χ1n) is 1.94. The molecule has 3 N–H and O–H groups in total. The molecule has 0 aromatic heterocycles. The average Bonchev–Trinajstić information content (AvgIpc) is 1.61. The van der Waals surface area contributed by atoms with Gasteiger partial charge in [0.05, 0.1) is 0 Å². The zero-order chi connectivity index (χ0) is 4.83. The Morgan fingerprint density at radius 3 is 2.67 bits per heavy atom. The highest BCUT2D eigenvalue weighted by Crippen LogP contribution is 1.54. The third-order valence-corrected chi connectivity index (χ3v) is 0.421. The summed E-state index contributed by atoms with van der Waals surface area (Å²) in [6.07, 6.45) is 3.65. The van der Waals surface area contributed by atoms with Gasteiger partial charge in [-0.15, -0.1) is 0 Å². The second-order valence-electron chi connectivity index (χ2n) is 0.927. The topological polar surface area (TPSA) is 38.0 Å². The number of nitrogens with two attached hydrogens (primary N) is 1. The fourth-order valence-corrected chi connectivity index (χ4v) is 0.186. The molecule has 0 fully saturated rings. The Labute approximate surface area is 38.0 Å². The Kier molecular flexibility index (Phi) is 4.12. The van der Waals surface area contributed by atoms with Gasteiger partial charge in [-0.1, -0.05) is 6.08 Å². The third-order valence-electron chi connectivity index (χ3n) is 0.421. The number of rotatable bonds is 2. The highest BCUT2D eigenvalue weighted by molar-refractivity contribution is 4.77. The molecule has 2 heteroatoms. The Balaban J connectivity index is 2.73. The lowest BCUT2D eigenvalue weighted by molar-refractivity contribution is 1.08. The summed E-state index contributed by atoms with van der Waals surface area (Å²) in [5.41, 5.74) is 5.09.